The molecule has 1 N–H and O–H groups in total. The summed E-state index contributed by atoms with van der Waals surface area (Å²) in [5.41, 5.74) is 2.99. The van der Waals surface area contributed by atoms with Gasteiger partial charge in [0.05, 0.1) is 24.3 Å². The molecule has 2 aromatic heterocycles. The highest BCUT2D eigenvalue weighted by Crippen LogP contribution is 2.15. The maximum absolute atomic E-state index is 13.0. The van der Waals surface area contributed by atoms with Crippen LogP contribution in [0.15, 0.2) is 47.5 Å². The molecule has 0 saturated carbocycles. The van der Waals surface area contributed by atoms with Gasteiger partial charge in [-0.3, -0.25) is 18.8 Å². The maximum Gasteiger partial charge on any atom is 0.253 e. The van der Waals surface area contributed by atoms with Gasteiger partial charge >= 0.3 is 0 Å². The number of aryl methyl sites for hydroxylation is 3. The topological polar surface area (TPSA) is 81.8 Å². The normalized spacial score (nSPS) is 10.9. The first kappa shape index (κ1) is 20.4. The lowest BCUT2D eigenvalue weighted by atomic mass is 10.1. The molecular weight excluding hydrogens is 373 g/mol. The van der Waals surface area contributed by atoms with E-state index in [2.05, 4.69) is 15.4 Å². The Morgan fingerprint density at radius 1 is 1.14 bits per heavy atom. The zero-order valence-corrected chi connectivity index (χ0v) is 16.6. The zero-order chi connectivity index (χ0) is 20.8. The van der Waals surface area contributed by atoms with Crippen LogP contribution < -0.4 is 10.9 Å². The molecule has 29 heavy (non-hydrogen) atoms. The molecule has 0 radical (unpaired) electrons. The predicted octanol–water partition coefficient (Wildman–Crippen LogP) is 2.46. The molecular formula is C21H24FN5O2. The second-order valence-electron chi connectivity index (χ2n) is 6.92. The van der Waals surface area contributed by atoms with Crippen LogP contribution in [0.25, 0.3) is 11.3 Å². The summed E-state index contributed by atoms with van der Waals surface area (Å²) in [6, 6.07) is 9.23. The second kappa shape index (κ2) is 9.27. The molecule has 0 aliphatic carbocycles. The quantitative estimate of drug-likeness (QED) is 0.633. The van der Waals surface area contributed by atoms with Gasteiger partial charge in [-0.05, 0) is 50.6 Å². The Balaban J connectivity index is 1.45. The Bertz CT molecular complexity index is 1040. The number of carbonyl (C=O) groups excluding carboxylic acids is 1. The Morgan fingerprint density at radius 3 is 2.55 bits per heavy atom. The molecule has 0 bridgehead atoms. The Hall–Kier alpha value is -3.29. The van der Waals surface area contributed by atoms with Crippen molar-refractivity contribution in [2.75, 3.05) is 6.54 Å². The molecule has 3 rings (SSSR count). The van der Waals surface area contributed by atoms with E-state index in [9.17, 15) is 14.0 Å². The molecule has 8 heteroatoms. The van der Waals surface area contributed by atoms with E-state index in [4.69, 9.17) is 0 Å². The average Bonchev–Trinajstić information content (AvgIpc) is 3.01. The van der Waals surface area contributed by atoms with Crippen LogP contribution in [0.4, 0.5) is 4.39 Å². The molecule has 2 heterocycles. The van der Waals surface area contributed by atoms with Crippen LogP contribution in [-0.4, -0.2) is 31.8 Å². The molecule has 7 nitrogen and oxygen atoms in total. The number of aromatic nitrogens is 4. The SMILES string of the molecule is Cc1cc(C)n(CCNC(=O)CCCn2cnc(-c3ccc(F)cc3)cc2=O)n1. The smallest absolute Gasteiger partial charge is 0.253 e. The summed E-state index contributed by atoms with van der Waals surface area (Å²) in [6.45, 7) is 5.45. The lowest BCUT2D eigenvalue weighted by Gasteiger charge is -2.08. The Labute approximate surface area is 168 Å². The summed E-state index contributed by atoms with van der Waals surface area (Å²) in [5.74, 6) is -0.397. The van der Waals surface area contributed by atoms with Crippen LogP contribution in [0, 0.1) is 19.7 Å². The third kappa shape index (κ3) is 5.60. The number of amides is 1. The first-order chi connectivity index (χ1) is 13.9. The largest absolute Gasteiger partial charge is 0.354 e. The van der Waals surface area contributed by atoms with E-state index in [1.54, 1.807) is 12.1 Å². The number of rotatable bonds is 8. The van der Waals surface area contributed by atoms with Crippen molar-refractivity contribution in [2.24, 2.45) is 0 Å². The molecule has 1 aromatic carbocycles. The van der Waals surface area contributed by atoms with Gasteiger partial charge in [0.15, 0.2) is 0 Å². The molecule has 0 atom stereocenters. The molecule has 0 spiro atoms. The van der Waals surface area contributed by atoms with Gasteiger partial charge in [-0.1, -0.05) is 0 Å². The Morgan fingerprint density at radius 2 is 1.90 bits per heavy atom. The number of nitrogens with one attached hydrogen (secondary N) is 1. The van der Waals surface area contributed by atoms with Gasteiger partial charge in [0.2, 0.25) is 5.91 Å². The summed E-state index contributed by atoms with van der Waals surface area (Å²) >= 11 is 0. The van der Waals surface area contributed by atoms with Crippen LogP contribution in [-0.2, 0) is 17.9 Å². The molecule has 3 aromatic rings. The minimum absolute atomic E-state index is 0.0597. The number of halogens is 1. The van der Waals surface area contributed by atoms with Gasteiger partial charge in [-0.25, -0.2) is 9.37 Å². The fourth-order valence-corrected chi connectivity index (χ4v) is 3.07. The molecule has 0 fully saturated rings. The van der Waals surface area contributed by atoms with E-state index >= 15 is 0 Å². The fraction of sp³-hybridized carbons (Fsp3) is 0.333. The highest BCUT2D eigenvalue weighted by atomic mass is 19.1. The first-order valence-electron chi connectivity index (χ1n) is 9.52. The maximum atomic E-state index is 13.0. The number of carbonyl (C=O) groups is 1. The van der Waals surface area contributed by atoms with Gasteiger partial charge < -0.3 is 5.32 Å². The number of hydrogen-bond acceptors (Lipinski definition) is 4. The molecule has 152 valence electrons. The van der Waals surface area contributed by atoms with Crippen molar-refractivity contribution in [3.8, 4) is 11.3 Å². The van der Waals surface area contributed by atoms with Gasteiger partial charge in [0, 0.05) is 36.8 Å². The van der Waals surface area contributed by atoms with Crippen LogP contribution in [0.3, 0.4) is 0 Å². The van der Waals surface area contributed by atoms with Crippen LogP contribution in [0.5, 0.6) is 0 Å². The summed E-state index contributed by atoms with van der Waals surface area (Å²) in [7, 11) is 0. The third-order valence-electron chi connectivity index (χ3n) is 4.57. The monoisotopic (exact) mass is 397 g/mol. The van der Waals surface area contributed by atoms with E-state index in [1.807, 2.05) is 24.6 Å². The number of nitrogens with zero attached hydrogens (tertiary/aromatic N) is 4. The third-order valence-corrected chi connectivity index (χ3v) is 4.57. The zero-order valence-electron chi connectivity index (χ0n) is 16.6. The number of benzene rings is 1. The molecule has 0 saturated heterocycles. The average molecular weight is 397 g/mol. The van der Waals surface area contributed by atoms with Crippen LogP contribution in [0.1, 0.15) is 24.2 Å². The van der Waals surface area contributed by atoms with Crippen molar-refractivity contribution in [3.05, 3.63) is 70.3 Å². The van der Waals surface area contributed by atoms with Crippen molar-refractivity contribution in [1.82, 2.24) is 24.6 Å². The van der Waals surface area contributed by atoms with Gasteiger partial charge in [-0.2, -0.15) is 5.10 Å². The van der Waals surface area contributed by atoms with E-state index in [1.165, 1.54) is 29.1 Å². The van der Waals surface area contributed by atoms with Crippen molar-refractivity contribution in [1.29, 1.82) is 0 Å². The molecule has 0 aliphatic rings. The van der Waals surface area contributed by atoms with E-state index in [0.717, 1.165) is 11.4 Å². The van der Waals surface area contributed by atoms with E-state index in [0.29, 0.717) is 43.7 Å². The lowest BCUT2D eigenvalue weighted by molar-refractivity contribution is -0.121. The summed E-state index contributed by atoms with van der Waals surface area (Å²) in [6.07, 6.45) is 2.31. The fourth-order valence-electron chi connectivity index (χ4n) is 3.07. The highest BCUT2D eigenvalue weighted by Gasteiger charge is 2.06. The van der Waals surface area contributed by atoms with Crippen LogP contribution in [0.2, 0.25) is 0 Å². The van der Waals surface area contributed by atoms with Crippen molar-refractivity contribution < 1.29 is 9.18 Å². The van der Waals surface area contributed by atoms with E-state index in [-0.39, 0.29) is 17.3 Å². The molecule has 1 amide bonds. The Kier molecular flexibility index (Phi) is 6.54. The summed E-state index contributed by atoms with van der Waals surface area (Å²) in [5, 5.41) is 7.22. The van der Waals surface area contributed by atoms with Crippen molar-refractivity contribution in [2.45, 2.75) is 39.8 Å². The predicted molar refractivity (Wildman–Crippen MR) is 108 cm³/mol. The highest BCUT2D eigenvalue weighted by molar-refractivity contribution is 5.75. The molecule has 0 aliphatic heterocycles. The van der Waals surface area contributed by atoms with Crippen molar-refractivity contribution >= 4 is 5.91 Å². The van der Waals surface area contributed by atoms with Crippen molar-refractivity contribution in [3.63, 3.8) is 0 Å². The van der Waals surface area contributed by atoms with Gasteiger partial charge in [0.1, 0.15) is 5.82 Å². The lowest BCUT2D eigenvalue weighted by Crippen LogP contribution is -2.28. The van der Waals surface area contributed by atoms with Gasteiger partial charge in [-0.15, -0.1) is 0 Å². The first-order valence-corrected chi connectivity index (χ1v) is 9.52. The van der Waals surface area contributed by atoms with Gasteiger partial charge in [0.25, 0.3) is 5.56 Å². The summed E-state index contributed by atoms with van der Waals surface area (Å²) < 4.78 is 16.3. The standard InChI is InChI=1S/C21H24FN5O2/c1-15-12-16(2)27(25-15)11-9-23-20(28)4-3-10-26-14-24-19(13-21(26)29)17-5-7-18(22)8-6-17/h5-8,12-14H,3-4,9-11H2,1-2H3,(H,23,28). The summed E-state index contributed by atoms with van der Waals surface area (Å²) in [4.78, 5) is 28.5. The molecule has 0 unspecified atom stereocenters. The minimum Gasteiger partial charge on any atom is -0.354 e. The van der Waals surface area contributed by atoms with Crippen LogP contribution >= 0.6 is 0 Å². The number of hydrogen-bond donors (Lipinski definition) is 1. The van der Waals surface area contributed by atoms with E-state index < -0.39 is 0 Å². The second-order valence-corrected chi connectivity index (χ2v) is 6.92. The minimum atomic E-state index is -0.338.